The van der Waals surface area contributed by atoms with E-state index in [4.69, 9.17) is 0 Å². The maximum atomic E-state index is 12.6. The Hall–Kier alpha value is -2.22. The molecular formula is C18H27N7O. The van der Waals surface area contributed by atoms with Crippen LogP contribution in [0.4, 0.5) is 0 Å². The molecule has 0 aliphatic carbocycles. The first kappa shape index (κ1) is 17.2. The summed E-state index contributed by atoms with van der Waals surface area (Å²) in [6, 6.07) is 2.24. The summed E-state index contributed by atoms with van der Waals surface area (Å²) in [6.07, 6.45) is 5.89. The largest absolute Gasteiger partial charge is 0.346 e. The molecule has 2 aromatic heterocycles. The molecule has 0 saturated carbocycles. The summed E-state index contributed by atoms with van der Waals surface area (Å²) in [5.74, 6) is 2.24. The van der Waals surface area contributed by atoms with Gasteiger partial charge in [0, 0.05) is 37.7 Å². The van der Waals surface area contributed by atoms with Crippen LogP contribution in [0, 0.1) is 0 Å². The van der Waals surface area contributed by atoms with Gasteiger partial charge in [-0.3, -0.25) is 9.48 Å². The summed E-state index contributed by atoms with van der Waals surface area (Å²) in [4.78, 5) is 12.6. The Labute approximate surface area is 153 Å². The number of aromatic nitrogens is 5. The monoisotopic (exact) mass is 357 g/mol. The molecule has 2 atom stereocenters. The Balaban J connectivity index is 1.41. The zero-order chi connectivity index (χ0) is 18.1. The summed E-state index contributed by atoms with van der Waals surface area (Å²) < 4.78 is 4.09. The van der Waals surface area contributed by atoms with Crippen LogP contribution in [0.3, 0.4) is 0 Å². The first-order valence-corrected chi connectivity index (χ1v) is 9.60. The molecule has 2 aliphatic heterocycles. The number of carbonyl (C=O) groups is 1. The van der Waals surface area contributed by atoms with E-state index in [-0.39, 0.29) is 11.9 Å². The Kier molecular flexibility index (Phi) is 4.76. The van der Waals surface area contributed by atoms with Crippen molar-refractivity contribution < 1.29 is 4.79 Å². The van der Waals surface area contributed by atoms with Crippen molar-refractivity contribution in [3.63, 3.8) is 0 Å². The van der Waals surface area contributed by atoms with Crippen molar-refractivity contribution in [1.29, 1.82) is 0 Å². The second-order valence-electron chi connectivity index (χ2n) is 7.63. The van der Waals surface area contributed by atoms with Crippen LogP contribution in [0.15, 0.2) is 12.3 Å². The van der Waals surface area contributed by atoms with Gasteiger partial charge in [-0.2, -0.15) is 5.10 Å². The van der Waals surface area contributed by atoms with Crippen molar-refractivity contribution in [2.45, 2.75) is 64.1 Å². The van der Waals surface area contributed by atoms with Gasteiger partial charge >= 0.3 is 0 Å². The predicted molar refractivity (Wildman–Crippen MR) is 97.1 cm³/mol. The lowest BCUT2D eigenvalue weighted by molar-refractivity contribution is 0.0920. The average Bonchev–Trinajstić information content (AvgIpc) is 3.29. The van der Waals surface area contributed by atoms with Crippen LogP contribution in [0.5, 0.6) is 0 Å². The van der Waals surface area contributed by atoms with Crippen LogP contribution in [0.25, 0.3) is 0 Å². The lowest BCUT2D eigenvalue weighted by atomic mass is 10.1. The van der Waals surface area contributed by atoms with Gasteiger partial charge in [0.25, 0.3) is 5.91 Å². The minimum absolute atomic E-state index is 0.0880. The number of fused-ring (bicyclic) bond motifs is 1. The first-order chi connectivity index (χ1) is 12.6. The third-order valence-electron chi connectivity index (χ3n) is 5.31. The van der Waals surface area contributed by atoms with Gasteiger partial charge in [0.1, 0.15) is 17.3 Å². The molecule has 4 rings (SSSR count). The van der Waals surface area contributed by atoms with Gasteiger partial charge in [-0.25, -0.2) is 0 Å². The van der Waals surface area contributed by atoms with E-state index in [1.54, 1.807) is 0 Å². The maximum Gasteiger partial charge on any atom is 0.272 e. The van der Waals surface area contributed by atoms with Gasteiger partial charge in [-0.1, -0.05) is 13.8 Å². The average molecular weight is 357 g/mol. The van der Waals surface area contributed by atoms with Crippen molar-refractivity contribution in [3.8, 4) is 0 Å². The standard InChI is InChI=1S/C18H27N7O/c1-12(2)17-22-21-16-6-5-13(11-24(16)17)20-18(26)15-7-9-25(23-15)14-4-3-8-19-10-14/h7,9,12-14,19H,3-6,8,10-11H2,1-2H3,(H,20,26). The Morgan fingerprint density at radius 2 is 2.23 bits per heavy atom. The molecule has 4 heterocycles. The van der Waals surface area contributed by atoms with E-state index in [9.17, 15) is 4.79 Å². The number of aryl methyl sites for hydroxylation is 1. The van der Waals surface area contributed by atoms with Crippen LogP contribution in [-0.2, 0) is 13.0 Å². The molecule has 8 nitrogen and oxygen atoms in total. The van der Waals surface area contributed by atoms with E-state index >= 15 is 0 Å². The highest BCUT2D eigenvalue weighted by molar-refractivity contribution is 5.92. The van der Waals surface area contributed by atoms with Gasteiger partial charge in [0.2, 0.25) is 0 Å². The molecule has 26 heavy (non-hydrogen) atoms. The number of hydrogen-bond acceptors (Lipinski definition) is 5. The zero-order valence-corrected chi connectivity index (χ0v) is 15.5. The molecule has 0 radical (unpaired) electrons. The molecule has 8 heteroatoms. The Morgan fingerprint density at radius 3 is 3.00 bits per heavy atom. The summed E-state index contributed by atoms with van der Waals surface area (Å²) in [7, 11) is 0. The van der Waals surface area contributed by atoms with Crippen LogP contribution in [-0.4, -0.2) is 49.6 Å². The van der Waals surface area contributed by atoms with Gasteiger partial charge in [-0.15, -0.1) is 10.2 Å². The van der Waals surface area contributed by atoms with Crippen molar-refractivity contribution in [3.05, 3.63) is 29.6 Å². The van der Waals surface area contributed by atoms with E-state index in [1.165, 1.54) is 0 Å². The molecular weight excluding hydrogens is 330 g/mol. The molecule has 1 fully saturated rings. The number of piperidine rings is 1. The molecule has 0 aromatic carbocycles. The van der Waals surface area contributed by atoms with Crippen LogP contribution < -0.4 is 10.6 Å². The highest BCUT2D eigenvalue weighted by Gasteiger charge is 2.26. The van der Waals surface area contributed by atoms with E-state index in [1.807, 2.05) is 16.9 Å². The topological polar surface area (TPSA) is 89.7 Å². The second-order valence-corrected chi connectivity index (χ2v) is 7.63. The van der Waals surface area contributed by atoms with E-state index < -0.39 is 0 Å². The fourth-order valence-corrected chi connectivity index (χ4v) is 3.87. The summed E-state index contributed by atoms with van der Waals surface area (Å²) in [6.45, 7) is 6.95. The van der Waals surface area contributed by atoms with Gasteiger partial charge < -0.3 is 15.2 Å². The summed E-state index contributed by atoms with van der Waals surface area (Å²) in [5, 5.41) is 19.6. The highest BCUT2D eigenvalue weighted by atomic mass is 16.2. The normalized spacial score (nSPS) is 23.0. The Bertz CT molecular complexity index is 772. The summed E-state index contributed by atoms with van der Waals surface area (Å²) in [5.41, 5.74) is 0.495. The number of rotatable bonds is 4. The number of nitrogens with one attached hydrogen (secondary N) is 2. The smallest absolute Gasteiger partial charge is 0.272 e. The molecule has 2 N–H and O–H groups in total. The van der Waals surface area contributed by atoms with Gasteiger partial charge in [0.05, 0.1) is 6.04 Å². The lowest BCUT2D eigenvalue weighted by Gasteiger charge is -2.25. The minimum Gasteiger partial charge on any atom is -0.346 e. The number of nitrogens with zero attached hydrogens (tertiary/aromatic N) is 5. The number of hydrogen-bond donors (Lipinski definition) is 2. The van der Waals surface area contributed by atoms with Gasteiger partial charge in [-0.05, 0) is 31.9 Å². The molecule has 1 amide bonds. The zero-order valence-electron chi connectivity index (χ0n) is 15.5. The summed E-state index contributed by atoms with van der Waals surface area (Å²) >= 11 is 0. The maximum absolute atomic E-state index is 12.6. The van der Waals surface area contributed by atoms with Gasteiger partial charge in [0.15, 0.2) is 0 Å². The Morgan fingerprint density at radius 1 is 1.35 bits per heavy atom. The van der Waals surface area contributed by atoms with Crippen molar-refractivity contribution in [1.82, 2.24) is 35.2 Å². The first-order valence-electron chi connectivity index (χ1n) is 9.60. The molecule has 1 saturated heterocycles. The SMILES string of the molecule is CC(C)c1nnc2n1CC(NC(=O)c1ccn(C3CCCNC3)n1)CC2. The fourth-order valence-electron chi connectivity index (χ4n) is 3.87. The van der Waals surface area contributed by atoms with Crippen LogP contribution in [0.1, 0.15) is 67.2 Å². The molecule has 140 valence electrons. The molecule has 0 bridgehead atoms. The molecule has 0 spiro atoms. The van der Waals surface area contributed by atoms with Crippen LogP contribution >= 0.6 is 0 Å². The number of carbonyl (C=O) groups excluding carboxylic acids is 1. The van der Waals surface area contributed by atoms with E-state index in [2.05, 4.69) is 44.3 Å². The molecule has 2 unspecified atom stereocenters. The third-order valence-corrected chi connectivity index (χ3v) is 5.31. The van der Waals surface area contributed by atoms with Crippen molar-refractivity contribution in [2.75, 3.05) is 13.1 Å². The molecule has 2 aromatic rings. The van der Waals surface area contributed by atoms with Crippen molar-refractivity contribution in [2.24, 2.45) is 0 Å². The predicted octanol–water partition coefficient (Wildman–Crippen LogP) is 1.27. The number of amides is 1. The molecule has 2 aliphatic rings. The van der Waals surface area contributed by atoms with Crippen molar-refractivity contribution >= 4 is 5.91 Å². The fraction of sp³-hybridized carbons (Fsp3) is 0.667. The van der Waals surface area contributed by atoms with E-state index in [0.717, 1.165) is 57.0 Å². The lowest BCUT2D eigenvalue weighted by Crippen LogP contribution is -2.41. The quantitative estimate of drug-likeness (QED) is 0.860. The van der Waals surface area contributed by atoms with Crippen LogP contribution in [0.2, 0.25) is 0 Å². The second kappa shape index (κ2) is 7.19. The highest BCUT2D eigenvalue weighted by Crippen LogP contribution is 2.20. The van der Waals surface area contributed by atoms with E-state index in [0.29, 0.717) is 17.7 Å². The third kappa shape index (κ3) is 3.38. The minimum atomic E-state index is -0.0971.